The molecule has 0 saturated heterocycles. The molecule has 112 valence electrons. The number of hydrogen-bond acceptors (Lipinski definition) is 3. The van der Waals surface area contributed by atoms with Gasteiger partial charge in [-0.05, 0) is 38.5 Å². The molecule has 21 heavy (non-hydrogen) atoms. The Morgan fingerprint density at radius 1 is 1.29 bits per heavy atom. The van der Waals surface area contributed by atoms with Crippen molar-refractivity contribution in [1.82, 2.24) is 10.1 Å². The van der Waals surface area contributed by atoms with E-state index in [2.05, 4.69) is 5.16 Å². The molecule has 2 aromatic rings. The Bertz CT molecular complexity index is 663. The molecule has 0 bridgehead atoms. The van der Waals surface area contributed by atoms with Gasteiger partial charge in [-0.1, -0.05) is 11.2 Å². The van der Waals surface area contributed by atoms with Gasteiger partial charge in [0.1, 0.15) is 11.3 Å². The van der Waals surface area contributed by atoms with E-state index < -0.39 is 17.7 Å². The molecule has 1 atom stereocenters. The number of carbonyl (C=O) groups excluding carboxylic acids is 1. The van der Waals surface area contributed by atoms with Crippen LogP contribution in [-0.4, -0.2) is 23.0 Å². The van der Waals surface area contributed by atoms with E-state index in [1.165, 1.54) is 11.0 Å². The number of amides is 1. The highest BCUT2D eigenvalue weighted by atomic mass is 19.2. The van der Waals surface area contributed by atoms with Gasteiger partial charge in [0.2, 0.25) is 0 Å². The van der Waals surface area contributed by atoms with Crippen LogP contribution < -0.4 is 0 Å². The van der Waals surface area contributed by atoms with Crippen LogP contribution in [-0.2, 0) is 0 Å². The molecule has 0 spiro atoms. The molecule has 1 aromatic carbocycles. The van der Waals surface area contributed by atoms with Crippen LogP contribution >= 0.6 is 0 Å². The summed E-state index contributed by atoms with van der Waals surface area (Å²) >= 11 is 0. The zero-order valence-electron chi connectivity index (χ0n) is 12.3. The first kappa shape index (κ1) is 15.2. The molecule has 2 rings (SSSR count). The van der Waals surface area contributed by atoms with Crippen LogP contribution in [0.2, 0.25) is 0 Å². The second-order valence-electron chi connectivity index (χ2n) is 4.96. The fourth-order valence-electron chi connectivity index (χ4n) is 2.14. The normalized spacial score (nSPS) is 12.3. The van der Waals surface area contributed by atoms with Crippen LogP contribution in [0.1, 0.15) is 40.3 Å². The summed E-state index contributed by atoms with van der Waals surface area (Å²) in [5.74, 6) is -1.69. The maximum atomic E-state index is 13.3. The quantitative estimate of drug-likeness (QED) is 0.871. The zero-order chi connectivity index (χ0) is 15.7. The van der Waals surface area contributed by atoms with E-state index >= 15 is 0 Å². The van der Waals surface area contributed by atoms with Crippen molar-refractivity contribution in [2.45, 2.75) is 26.8 Å². The van der Waals surface area contributed by atoms with Gasteiger partial charge in [-0.25, -0.2) is 8.78 Å². The Labute approximate surface area is 121 Å². The molecule has 0 radical (unpaired) electrons. The van der Waals surface area contributed by atoms with Crippen LogP contribution in [0.3, 0.4) is 0 Å². The molecule has 1 unspecified atom stereocenters. The van der Waals surface area contributed by atoms with E-state index in [0.717, 1.165) is 12.1 Å². The summed E-state index contributed by atoms with van der Waals surface area (Å²) < 4.78 is 31.3. The number of halogens is 2. The lowest BCUT2D eigenvalue weighted by Gasteiger charge is -2.25. The Morgan fingerprint density at radius 3 is 2.48 bits per heavy atom. The van der Waals surface area contributed by atoms with Gasteiger partial charge in [-0.3, -0.25) is 4.79 Å². The van der Waals surface area contributed by atoms with E-state index in [4.69, 9.17) is 4.52 Å². The number of nitrogens with zero attached hydrogens (tertiary/aromatic N) is 2. The van der Waals surface area contributed by atoms with Crippen LogP contribution in [0, 0.1) is 25.5 Å². The summed E-state index contributed by atoms with van der Waals surface area (Å²) in [5.41, 5.74) is 1.41. The second-order valence-corrected chi connectivity index (χ2v) is 4.96. The number of benzene rings is 1. The van der Waals surface area contributed by atoms with Gasteiger partial charge >= 0.3 is 0 Å². The van der Waals surface area contributed by atoms with Gasteiger partial charge in [-0.2, -0.15) is 0 Å². The van der Waals surface area contributed by atoms with Crippen LogP contribution in [0.4, 0.5) is 8.78 Å². The van der Waals surface area contributed by atoms with Crippen molar-refractivity contribution in [3.8, 4) is 0 Å². The Kier molecular flexibility index (Phi) is 4.06. The Balaban J connectivity index is 2.28. The lowest BCUT2D eigenvalue weighted by Crippen LogP contribution is -2.30. The molecule has 4 nitrogen and oxygen atoms in total. The highest BCUT2D eigenvalue weighted by Crippen LogP contribution is 2.24. The zero-order valence-corrected chi connectivity index (χ0v) is 12.3. The lowest BCUT2D eigenvalue weighted by atomic mass is 10.1. The summed E-state index contributed by atoms with van der Waals surface area (Å²) in [7, 11) is 1.60. The SMILES string of the molecule is Cc1noc(C)c1C(=O)N(C)C(C)c1ccc(F)c(F)c1. The predicted molar refractivity (Wildman–Crippen MR) is 72.8 cm³/mol. The standard InChI is InChI=1S/C15H16F2N2O2/c1-8-14(10(3)21-18-8)15(20)19(4)9(2)11-5-6-12(16)13(17)7-11/h5-7,9H,1-4H3. The van der Waals surface area contributed by atoms with Gasteiger partial charge < -0.3 is 9.42 Å². The minimum absolute atomic E-state index is 0.275. The number of rotatable bonds is 3. The molecule has 0 N–H and O–H groups in total. The van der Waals surface area contributed by atoms with Crippen molar-refractivity contribution < 1.29 is 18.1 Å². The summed E-state index contributed by atoms with van der Waals surface area (Å²) in [6, 6.07) is 3.19. The third-order valence-corrected chi connectivity index (χ3v) is 3.57. The van der Waals surface area contributed by atoms with E-state index in [0.29, 0.717) is 22.6 Å². The van der Waals surface area contributed by atoms with Gasteiger partial charge in [-0.15, -0.1) is 0 Å². The molecule has 1 amide bonds. The van der Waals surface area contributed by atoms with Gasteiger partial charge in [0, 0.05) is 7.05 Å². The number of aromatic nitrogens is 1. The van der Waals surface area contributed by atoms with E-state index in [9.17, 15) is 13.6 Å². The number of aryl methyl sites for hydroxylation is 2. The van der Waals surface area contributed by atoms with Crippen molar-refractivity contribution in [2.24, 2.45) is 0 Å². The van der Waals surface area contributed by atoms with Crippen LogP contribution in [0.25, 0.3) is 0 Å². The highest BCUT2D eigenvalue weighted by Gasteiger charge is 2.25. The number of hydrogen-bond donors (Lipinski definition) is 0. The molecule has 6 heteroatoms. The maximum absolute atomic E-state index is 13.3. The van der Waals surface area contributed by atoms with Gasteiger partial charge in [0.05, 0.1) is 11.7 Å². The van der Waals surface area contributed by atoms with E-state index in [1.54, 1.807) is 27.8 Å². The molecule has 1 heterocycles. The third kappa shape index (κ3) is 2.79. The molecule has 1 aromatic heterocycles. The van der Waals surface area contributed by atoms with Crippen molar-refractivity contribution in [3.05, 3.63) is 52.4 Å². The maximum Gasteiger partial charge on any atom is 0.259 e. The van der Waals surface area contributed by atoms with Crippen LogP contribution in [0.15, 0.2) is 22.7 Å². The second kappa shape index (κ2) is 5.63. The van der Waals surface area contributed by atoms with E-state index in [-0.39, 0.29) is 5.91 Å². The fraction of sp³-hybridized carbons (Fsp3) is 0.333. The van der Waals surface area contributed by atoms with Crippen molar-refractivity contribution >= 4 is 5.91 Å². The largest absolute Gasteiger partial charge is 0.361 e. The minimum atomic E-state index is -0.933. The summed E-state index contributed by atoms with van der Waals surface area (Å²) in [6.45, 7) is 5.08. The van der Waals surface area contributed by atoms with Crippen molar-refractivity contribution in [2.75, 3.05) is 7.05 Å². The molecule has 0 saturated carbocycles. The molecule has 0 aliphatic carbocycles. The predicted octanol–water partition coefficient (Wildman–Crippen LogP) is 3.40. The third-order valence-electron chi connectivity index (χ3n) is 3.57. The average molecular weight is 294 g/mol. The van der Waals surface area contributed by atoms with Crippen molar-refractivity contribution in [3.63, 3.8) is 0 Å². The topological polar surface area (TPSA) is 46.3 Å². The minimum Gasteiger partial charge on any atom is -0.361 e. The first-order chi connectivity index (χ1) is 9.82. The van der Waals surface area contributed by atoms with Gasteiger partial charge in [0.15, 0.2) is 11.6 Å². The molecule has 0 aliphatic rings. The Morgan fingerprint density at radius 2 is 1.95 bits per heavy atom. The smallest absolute Gasteiger partial charge is 0.259 e. The summed E-state index contributed by atoms with van der Waals surface area (Å²) in [4.78, 5) is 13.9. The molecular weight excluding hydrogens is 278 g/mol. The van der Waals surface area contributed by atoms with Crippen molar-refractivity contribution in [1.29, 1.82) is 0 Å². The first-order valence-corrected chi connectivity index (χ1v) is 6.48. The lowest BCUT2D eigenvalue weighted by molar-refractivity contribution is 0.0740. The monoisotopic (exact) mass is 294 g/mol. The summed E-state index contributed by atoms with van der Waals surface area (Å²) in [5, 5.41) is 3.75. The van der Waals surface area contributed by atoms with Gasteiger partial charge in [0.25, 0.3) is 5.91 Å². The fourth-order valence-corrected chi connectivity index (χ4v) is 2.14. The highest BCUT2D eigenvalue weighted by molar-refractivity contribution is 5.96. The number of carbonyl (C=O) groups is 1. The molecule has 0 fully saturated rings. The average Bonchev–Trinajstić information content (AvgIpc) is 2.79. The molecule has 0 aliphatic heterocycles. The Hall–Kier alpha value is -2.24. The van der Waals surface area contributed by atoms with Crippen LogP contribution in [0.5, 0.6) is 0 Å². The summed E-state index contributed by atoms with van der Waals surface area (Å²) in [6.07, 6.45) is 0. The molecular formula is C15H16F2N2O2. The first-order valence-electron chi connectivity index (χ1n) is 6.48. The van der Waals surface area contributed by atoms with E-state index in [1.807, 2.05) is 0 Å².